The quantitative estimate of drug-likeness (QED) is 0.127. The van der Waals surface area contributed by atoms with Gasteiger partial charge in [0, 0.05) is 60.5 Å². The Labute approximate surface area is 273 Å². The highest BCUT2D eigenvalue weighted by Gasteiger charge is 2.48. The lowest BCUT2D eigenvalue weighted by Gasteiger charge is -2.27. The third kappa shape index (κ3) is 8.56. The Morgan fingerprint density at radius 2 is 1.80 bits per heavy atom. The standard InChI is InChI=1S/C32H46FN7O4SSi/c1-20-27(21(2)40(38-20)19-44-16-18-46(4,5)6)24-11-12-26(35-30(24)33)36-32(42)29(28(22-7-8-22)23-9-10-23)37-31(41)25-13-14-34-39(25)15-17-45(3)43/h11-14,22-23,28-29H,7-10,15-19H2,1-6H3,(H,37,41)(H,35,36,42)/t29-,45?/m0/s1. The SMILES string of the molecule is Cc1nn(COCC[Si](C)(C)C)c(C)c1-c1ccc(NC(=O)[C@@H](NC(=O)c2ccnn2CCS(C)=O)C(C2CC2)C2CC2)nc1F. The van der Waals surface area contributed by atoms with E-state index < -0.39 is 42.7 Å². The molecular formula is C32H46FN7O4SSi. The molecule has 0 aromatic carbocycles. The van der Waals surface area contributed by atoms with Crippen LogP contribution in [-0.4, -0.2) is 73.3 Å². The van der Waals surface area contributed by atoms with Gasteiger partial charge >= 0.3 is 0 Å². The average molecular weight is 672 g/mol. The van der Waals surface area contributed by atoms with Crippen molar-refractivity contribution in [2.24, 2.45) is 17.8 Å². The largest absolute Gasteiger partial charge is 0.360 e. The normalized spacial score (nSPS) is 16.4. The molecular weight excluding hydrogens is 626 g/mol. The van der Waals surface area contributed by atoms with Crippen LogP contribution in [0.5, 0.6) is 0 Å². The van der Waals surface area contributed by atoms with E-state index in [0.717, 1.165) is 37.4 Å². The molecule has 2 amide bonds. The molecule has 46 heavy (non-hydrogen) atoms. The van der Waals surface area contributed by atoms with E-state index in [4.69, 9.17) is 4.74 Å². The number of hydrogen-bond donors (Lipinski definition) is 2. The summed E-state index contributed by atoms with van der Waals surface area (Å²) in [4.78, 5) is 31.4. The van der Waals surface area contributed by atoms with E-state index in [1.165, 1.54) is 10.9 Å². The zero-order valence-corrected chi connectivity index (χ0v) is 29.5. The van der Waals surface area contributed by atoms with Crippen LogP contribution in [-0.2, 0) is 33.6 Å². The van der Waals surface area contributed by atoms with Gasteiger partial charge in [0.25, 0.3) is 5.91 Å². The van der Waals surface area contributed by atoms with Crippen LogP contribution in [0.3, 0.4) is 0 Å². The third-order valence-corrected chi connectivity index (χ3v) is 11.2. The van der Waals surface area contributed by atoms with Crippen LogP contribution in [0.4, 0.5) is 10.2 Å². The minimum Gasteiger partial charge on any atom is -0.360 e. The highest BCUT2D eigenvalue weighted by molar-refractivity contribution is 7.84. The Kier molecular flexibility index (Phi) is 10.6. The van der Waals surface area contributed by atoms with Crippen molar-refractivity contribution in [3.8, 4) is 11.1 Å². The first kappa shape index (κ1) is 34.1. The van der Waals surface area contributed by atoms with E-state index >= 15 is 4.39 Å². The molecule has 2 N–H and O–H groups in total. The van der Waals surface area contributed by atoms with Crippen molar-refractivity contribution in [1.82, 2.24) is 29.9 Å². The molecule has 2 aliphatic carbocycles. The molecule has 0 aliphatic heterocycles. The van der Waals surface area contributed by atoms with Gasteiger partial charge in [0.05, 0.1) is 12.2 Å². The average Bonchev–Trinajstić information content (AvgIpc) is 3.92. The predicted molar refractivity (Wildman–Crippen MR) is 179 cm³/mol. The molecule has 11 nitrogen and oxygen atoms in total. The number of rotatable bonds is 16. The van der Waals surface area contributed by atoms with Gasteiger partial charge in [0.15, 0.2) is 0 Å². The third-order valence-electron chi connectivity index (χ3n) is 8.79. The number of ether oxygens (including phenoxy) is 1. The molecule has 3 aromatic heterocycles. The summed E-state index contributed by atoms with van der Waals surface area (Å²) < 4.78 is 36.3. The number of aromatic nitrogens is 5. The number of nitrogens with zero attached hydrogens (tertiary/aromatic N) is 5. The second kappa shape index (κ2) is 14.3. The molecule has 1 unspecified atom stereocenters. The van der Waals surface area contributed by atoms with E-state index in [9.17, 15) is 13.8 Å². The van der Waals surface area contributed by atoms with Crippen molar-refractivity contribution in [3.05, 3.63) is 47.4 Å². The Morgan fingerprint density at radius 3 is 2.41 bits per heavy atom. The Morgan fingerprint density at radius 1 is 1.11 bits per heavy atom. The fourth-order valence-electron chi connectivity index (χ4n) is 6.00. The van der Waals surface area contributed by atoms with Crippen LogP contribution < -0.4 is 10.6 Å². The number of nitrogens with one attached hydrogen (secondary N) is 2. The van der Waals surface area contributed by atoms with Crippen molar-refractivity contribution < 1.29 is 22.9 Å². The van der Waals surface area contributed by atoms with Crippen LogP contribution in [0.1, 0.15) is 47.6 Å². The zero-order valence-electron chi connectivity index (χ0n) is 27.6. The molecule has 0 saturated heterocycles. The molecule has 0 spiro atoms. The van der Waals surface area contributed by atoms with E-state index in [-0.39, 0.29) is 18.5 Å². The first-order valence-electron chi connectivity index (χ1n) is 16.0. The fraction of sp³-hybridized carbons (Fsp3) is 0.594. The molecule has 0 bridgehead atoms. The van der Waals surface area contributed by atoms with Crippen LogP contribution in [0.25, 0.3) is 11.1 Å². The van der Waals surface area contributed by atoms with Gasteiger partial charge in [-0.05, 0) is 81.5 Å². The lowest BCUT2D eigenvalue weighted by Crippen LogP contribution is -2.50. The maximum atomic E-state index is 15.6. The minimum atomic E-state index is -1.22. The number of hydrogen-bond acceptors (Lipinski definition) is 7. The van der Waals surface area contributed by atoms with Crippen molar-refractivity contribution in [3.63, 3.8) is 0 Å². The van der Waals surface area contributed by atoms with Crippen molar-refractivity contribution in [2.45, 2.75) is 84.5 Å². The second-order valence-corrected chi connectivity index (χ2v) is 21.0. The Balaban J connectivity index is 1.31. The number of pyridine rings is 1. The van der Waals surface area contributed by atoms with Gasteiger partial charge in [-0.15, -0.1) is 0 Å². The minimum absolute atomic E-state index is 0.0170. The molecule has 3 aromatic rings. The summed E-state index contributed by atoms with van der Waals surface area (Å²) in [6.07, 6.45) is 7.17. The molecule has 250 valence electrons. The van der Waals surface area contributed by atoms with Gasteiger partial charge < -0.3 is 15.4 Å². The molecule has 14 heteroatoms. The van der Waals surface area contributed by atoms with Crippen molar-refractivity contribution >= 4 is 36.5 Å². The van der Waals surface area contributed by atoms with Crippen molar-refractivity contribution in [2.75, 3.05) is 23.9 Å². The lowest BCUT2D eigenvalue weighted by molar-refractivity contribution is -0.119. The maximum absolute atomic E-state index is 15.6. The zero-order chi connectivity index (χ0) is 33.2. The summed E-state index contributed by atoms with van der Waals surface area (Å²) in [5.74, 6) is -0.448. The van der Waals surface area contributed by atoms with Crippen LogP contribution in [0.15, 0.2) is 24.4 Å². The first-order valence-corrected chi connectivity index (χ1v) is 21.5. The summed E-state index contributed by atoms with van der Waals surface area (Å²) >= 11 is 0. The van der Waals surface area contributed by atoms with E-state index in [0.29, 0.717) is 53.3 Å². The molecule has 2 atom stereocenters. The van der Waals surface area contributed by atoms with Gasteiger partial charge in [-0.2, -0.15) is 14.6 Å². The molecule has 2 fully saturated rings. The molecule has 2 aliphatic rings. The van der Waals surface area contributed by atoms with Crippen LogP contribution >= 0.6 is 0 Å². The summed E-state index contributed by atoms with van der Waals surface area (Å²) in [5.41, 5.74) is 2.67. The lowest BCUT2D eigenvalue weighted by atomic mass is 9.88. The topological polar surface area (TPSA) is 133 Å². The summed E-state index contributed by atoms with van der Waals surface area (Å²) in [6, 6.07) is 5.01. The highest BCUT2D eigenvalue weighted by Crippen LogP contribution is 2.51. The number of aryl methyl sites for hydroxylation is 2. The predicted octanol–water partition coefficient (Wildman–Crippen LogP) is 4.76. The monoisotopic (exact) mass is 671 g/mol. The number of amides is 2. The van der Waals surface area contributed by atoms with E-state index in [1.54, 1.807) is 29.1 Å². The fourth-order valence-corrected chi connectivity index (χ4v) is 7.18. The molecule has 0 radical (unpaired) electrons. The maximum Gasteiger partial charge on any atom is 0.270 e. The summed E-state index contributed by atoms with van der Waals surface area (Å²) in [7, 11) is -2.26. The second-order valence-electron chi connectivity index (χ2n) is 13.8. The van der Waals surface area contributed by atoms with Gasteiger partial charge in [-0.25, -0.2) is 9.67 Å². The smallest absolute Gasteiger partial charge is 0.270 e. The van der Waals surface area contributed by atoms with Gasteiger partial charge in [0.2, 0.25) is 11.9 Å². The van der Waals surface area contributed by atoms with E-state index in [1.807, 2.05) is 13.8 Å². The number of carbonyl (C=O) groups is 2. The number of anilines is 1. The summed E-state index contributed by atoms with van der Waals surface area (Å²) in [6.45, 7) is 11.9. The Hall–Kier alpha value is -3.23. The van der Waals surface area contributed by atoms with Gasteiger partial charge in [-0.3, -0.25) is 18.5 Å². The number of carbonyl (C=O) groups excluding carboxylic acids is 2. The molecule has 3 heterocycles. The van der Waals surface area contributed by atoms with Gasteiger partial charge in [-0.1, -0.05) is 19.6 Å². The first-order chi connectivity index (χ1) is 21.8. The molecule has 2 saturated carbocycles. The number of halogens is 1. The van der Waals surface area contributed by atoms with Crippen LogP contribution in [0.2, 0.25) is 25.7 Å². The van der Waals surface area contributed by atoms with E-state index in [2.05, 4.69) is 45.5 Å². The molecule has 5 rings (SSSR count). The van der Waals surface area contributed by atoms with Gasteiger partial charge in [0.1, 0.15) is 24.3 Å². The van der Waals surface area contributed by atoms with Crippen LogP contribution in [0, 0.1) is 37.5 Å². The summed E-state index contributed by atoms with van der Waals surface area (Å²) in [5, 5.41) is 14.5. The highest BCUT2D eigenvalue weighted by atomic mass is 32.2. The Bertz CT molecular complexity index is 1580. The van der Waals surface area contributed by atoms with Crippen molar-refractivity contribution in [1.29, 1.82) is 0 Å².